The topological polar surface area (TPSA) is 73.9 Å². The third-order valence-electron chi connectivity index (χ3n) is 5.11. The average Bonchev–Trinajstić information content (AvgIpc) is 3.40. The van der Waals surface area contributed by atoms with Gasteiger partial charge in [0.25, 0.3) is 0 Å². The van der Waals surface area contributed by atoms with E-state index in [4.69, 9.17) is 0 Å². The number of amides is 1. The summed E-state index contributed by atoms with van der Waals surface area (Å²) in [4.78, 5) is 26.7. The molecule has 1 aliphatic heterocycles. The average molecular weight is 375 g/mol. The molecule has 1 amide bonds. The van der Waals surface area contributed by atoms with Gasteiger partial charge in [-0.05, 0) is 43.5 Å². The van der Waals surface area contributed by atoms with E-state index in [0.717, 1.165) is 37.3 Å². The molecule has 0 radical (unpaired) electrons. The Labute approximate surface area is 165 Å². The number of benzene rings is 1. The first kappa shape index (κ1) is 18.2. The van der Waals surface area contributed by atoms with Gasteiger partial charge in [-0.1, -0.05) is 29.8 Å². The zero-order valence-corrected chi connectivity index (χ0v) is 16.1. The van der Waals surface area contributed by atoms with Crippen molar-refractivity contribution in [3.8, 4) is 11.4 Å². The van der Waals surface area contributed by atoms with Gasteiger partial charge in [-0.3, -0.25) is 4.79 Å². The monoisotopic (exact) mass is 375 g/mol. The lowest BCUT2D eigenvalue weighted by Crippen LogP contribution is -2.37. The highest BCUT2D eigenvalue weighted by atomic mass is 16.1. The largest absolute Gasteiger partial charge is 0.360 e. The number of rotatable bonds is 6. The lowest BCUT2D eigenvalue weighted by molar-refractivity contribution is -0.121. The summed E-state index contributed by atoms with van der Waals surface area (Å²) in [5.74, 6) is 0.817. The van der Waals surface area contributed by atoms with E-state index >= 15 is 0 Å². The highest BCUT2D eigenvalue weighted by Crippen LogP contribution is 2.20. The van der Waals surface area contributed by atoms with E-state index in [-0.39, 0.29) is 11.9 Å². The number of nitrogens with one attached hydrogen (secondary N) is 2. The molecule has 1 saturated heterocycles. The number of nitrogens with zero attached hydrogens (tertiary/aromatic N) is 3. The van der Waals surface area contributed by atoms with Gasteiger partial charge in [0, 0.05) is 37.9 Å². The number of carbonyl (C=O) groups is 1. The van der Waals surface area contributed by atoms with Crippen LogP contribution >= 0.6 is 0 Å². The van der Waals surface area contributed by atoms with Crippen LogP contribution in [0.25, 0.3) is 11.4 Å². The molecule has 0 aliphatic carbocycles. The first-order chi connectivity index (χ1) is 13.7. The summed E-state index contributed by atoms with van der Waals surface area (Å²) < 4.78 is 0. The predicted molar refractivity (Wildman–Crippen MR) is 110 cm³/mol. The number of aryl methyl sites for hydroxylation is 2. The highest BCUT2D eigenvalue weighted by molar-refractivity contribution is 5.76. The summed E-state index contributed by atoms with van der Waals surface area (Å²) in [6.45, 7) is 3.65. The molecule has 2 aromatic heterocycles. The Morgan fingerprint density at radius 3 is 2.89 bits per heavy atom. The summed E-state index contributed by atoms with van der Waals surface area (Å²) in [5, 5.41) is 3.16. The number of aromatic nitrogens is 3. The Kier molecular flexibility index (Phi) is 5.37. The van der Waals surface area contributed by atoms with Crippen LogP contribution in [0.4, 0.5) is 5.95 Å². The minimum Gasteiger partial charge on any atom is -0.360 e. The molecule has 3 aromatic rings. The van der Waals surface area contributed by atoms with Crippen LogP contribution in [0, 0.1) is 6.92 Å². The van der Waals surface area contributed by atoms with Crippen molar-refractivity contribution < 1.29 is 4.79 Å². The van der Waals surface area contributed by atoms with Gasteiger partial charge in [0.1, 0.15) is 0 Å². The molecule has 6 nitrogen and oxygen atoms in total. The molecule has 144 valence electrons. The molecular formula is C22H25N5O. The summed E-state index contributed by atoms with van der Waals surface area (Å²) in [6, 6.07) is 14.3. The zero-order chi connectivity index (χ0) is 19.3. The van der Waals surface area contributed by atoms with Gasteiger partial charge in [0.05, 0.1) is 11.4 Å². The van der Waals surface area contributed by atoms with E-state index in [9.17, 15) is 4.79 Å². The molecule has 6 heteroatoms. The zero-order valence-electron chi connectivity index (χ0n) is 16.1. The molecule has 3 heterocycles. The molecule has 0 saturated carbocycles. The maximum atomic E-state index is 12.3. The van der Waals surface area contributed by atoms with Gasteiger partial charge in [0.15, 0.2) is 0 Å². The fourth-order valence-corrected chi connectivity index (χ4v) is 3.51. The van der Waals surface area contributed by atoms with Crippen LogP contribution < -0.4 is 10.2 Å². The maximum Gasteiger partial charge on any atom is 0.225 e. The predicted octanol–water partition coefficient (Wildman–Crippen LogP) is 3.11. The van der Waals surface area contributed by atoms with Crippen molar-refractivity contribution in [2.75, 3.05) is 18.0 Å². The van der Waals surface area contributed by atoms with Crippen molar-refractivity contribution in [3.05, 3.63) is 66.0 Å². The number of hydrogen-bond donors (Lipinski definition) is 2. The second-order valence-electron chi connectivity index (χ2n) is 7.31. The molecule has 4 rings (SSSR count). The molecule has 0 spiro atoms. The second-order valence-corrected chi connectivity index (χ2v) is 7.31. The first-order valence-electron chi connectivity index (χ1n) is 9.74. The minimum atomic E-state index is 0.105. The SMILES string of the molecule is Cc1ccc(CCC(=O)NC2CCN(c3nccc(-c4ccc[nH]4)n3)C2)cc1. The summed E-state index contributed by atoms with van der Waals surface area (Å²) in [7, 11) is 0. The van der Waals surface area contributed by atoms with E-state index in [2.05, 4.69) is 56.4 Å². The Bertz CT molecular complexity index is 920. The maximum absolute atomic E-state index is 12.3. The van der Waals surface area contributed by atoms with E-state index < -0.39 is 0 Å². The van der Waals surface area contributed by atoms with Crippen molar-refractivity contribution in [1.29, 1.82) is 0 Å². The Hall–Kier alpha value is -3.15. The molecular weight excluding hydrogens is 350 g/mol. The number of carbonyl (C=O) groups excluding carboxylic acids is 1. The Morgan fingerprint density at radius 1 is 1.25 bits per heavy atom. The van der Waals surface area contributed by atoms with Crippen LogP contribution in [0.3, 0.4) is 0 Å². The van der Waals surface area contributed by atoms with Crippen LogP contribution in [0.5, 0.6) is 0 Å². The molecule has 2 N–H and O–H groups in total. The number of aromatic amines is 1. The van der Waals surface area contributed by atoms with E-state index in [1.807, 2.05) is 24.4 Å². The fraction of sp³-hybridized carbons (Fsp3) is 0.318. The summed E-state index contributed by atoms with van der Waals surface area (Å²) in [6.07, 6.45) is 5.86. The molecule has 1 aliphatic rings. The smallest absolute Gasteiger partial charge is 0.225 e. The molecule has 1 unspecified atom stereocenters. The quantitative estimate of drug-likeness (QED) is 0.694. The van der Waals surface area contributed by atoms with E-state index in [1.165, 1.54) is 11.1 Å². The molecule has 28 heavy (non-hydrogen) atoms. The highest BCUT2D eigenvalue weighted by Gasteiger charge is 2.25. The lowest BCUT2D eigenvalue weighted by atomic mass is 10.1. The fourth-order valence-electron chi connectivity index (χ4n) is 3.51. The number of H-pyrrole nitrogens is 1. The van der Waals surface area contributed by atoms with Gasteiger partial charge < -0.3 is 15.2 Å². The molecule has 1 aromatic carbocycles. The van der Waals surface area contributed by atoms with Crippen LogP contribution in [-0.4, -0.2) is 40.0 Å². The van der Waals surface area contributed by atoms with Crippen molar-refractivity contribution in [1.82, 2.24) is 20.3 Å². The van der Waals surface area contributed by atoms with E-state index in [1.54, 1.807) is 6.20 Å². The van der Waals surface area contributed by atoms with Crippen molar-refractivity contribution in [2.45, 2.75) is 32.2 Å². The van der Waals surface area contributed by atoms with Gasteiger partial charge in [-0.2, -0.15) is 0 Å². The molecule has 1 fully saturated rings. The van der Waals surface area contributed by atoms with Crippen LogP contribution in [-0.2, 0) is 11.2 Å². The number of hydrogen-bond acceptors (Lipinski definition) is 4. The van der Waals surface area contributed by atoms with Gasteiger partial charge in [-0.25, -0.2) is 9.97 Å². The van der Waals surface area contributed by atoms with Crippen LogP contribution in [0.1, 0.15) is 24.0 Å². The minimum absolute atomic E-state index is 0.105. The van der Waals surface area contributed by atoms with Crippen molar-refractivity contribution >= 4 is 11.9 Å². The third kappa shape index (κ3) is 4.39. The third-order valence-corrected chi connectivity index (χ3v) is 5.11. The lowest BCUT2D eigenvalue weighted by Gasteiger charge is -2.17. The molecule has 1 atom stereocenters. The Balaban J connectivity index is 1.30. The second kappa shape index (κ2) is 8.25. The van der Waals surface area contributed by atoms with Gasteiger partial charge >= 0.3 is 0 Å². The standard InChI is InChI=1S/C22H25N5O/c1-16-4-6-17(7-5-16)8-9-21(28)25-18-11-14-27(15-18)22-24-13-10-20(26-22)19-3-2-12-23-19/h2-7,10,12-13,18,23H,8-9,11,14-15H2,1H3,(H,25,28). The van der Waals surface area contributed by atoms with Crippen molar-refractivity contribution in [3.63, 3.8) is 0 Å². The first-order valence-corrected chi connectivity index (χ1v) is 9.74. The normalized spacial score (nSPS) is 16.3. The summed E-state index contributed by atoms with van der Waals surface area (Å²) in [5.41, 5.74) is 4.29. The van der Waals surface area contributed by atoms with Gasteiger partial charge in [-0.15, -0.1) is 0 Å². The summed E-state index contributed by atoms with van der Waals surface area (Å²) >= 11 is 0. The Morgan fingerprint density at radius 2 is 2.11 bits per heavy atom. The van der Waals surface area contributed by atoms with Crippen LogP contribution in [0.15, 0.2) is 54.9 Å². The van der Waals surface area contributed by atoms with Gasteiger partial charge in [0.2, 0.25) is 11.9 Å². The molecule has 0 bridgehead atoms. The van der Waals surface area contributed by atoms with Crippen LogP contribution in [0.2, 0.25) is 0 Å². The number of anilines is 1. The van der Waals surface area contributed by atoms with E-state index in [0.29, 0.717) is 12.4 Å². The van der Waals surface area contributed by atoms with Crippen molar-refractivity contribution in [2.24, 2.45) is 0 Å².